The highest BCUT2D eigenvalue weighted by Crippen LogP contribution is 2.24. The second-order valence-electron chi connectivity index (χ2n) is 4.15. The summed E-state index contributed by atoms with van der Waals surface area (Å²) in [4.78, 5) is 11.6. The van der Waals surface area contributed by atoms with Gasteiger partial charge >= 0.3 is 0 Å². The Bertz CT molecular complexity index is 731. The van der Waals surface area contributed by atoms with Crippen molar-refractivity contribution in [2.24, 2.45) is 0 Å². The molecule has 0 aliphatic carbocycles. The predicted octanol–water partition coefficient (Wildman–Crippen LogP) is 1.61. The molecule has 0 saturated heterocycles. The van der Waals surface area contributed by atoms with Crippen LogP contribution >= 0.6 is 0 Å². The first-order chi connectivity index (χ1) is 8.63. The quantitative estimate of drug-likeness (QED) is 0.674. The van der Waals surface area contributed by atoms with E-state index < -0.39 is 0 Å². The van der Waals surface area contributed by atoms with Gasteiger partial charge in [-0.05, 0) is 26.0 Å². The molecule has 0 fully saturated rings. The number of benzene rings is 1. The lowest BCUT2D eigenvalue weighted by atomic mass is 10.1. The molecule has 6 heteroatoms. The molecule has 2 aromatic heterocycles. The second kappa shape index (κ2) is 3.76. The molecule has 0 amide bonds. The van der Waals surface area contributed by atoms with Gasteiger partial charge in [-0.1, -0.05) is 6.07 Å². The van der Waals surface area contributed by atoms with Gasteiger partial charge in [-0.2, -0.15) is 0 Å². The zero-order valence-electron chi connectivity index (χ0n) is 10.1. The smallest absolute Gasteiger partial charge is 0.154 e. The summed E-state index contributed by atoms with van der Waals surface area (Å²) >= 11 is 0. The Kier molecular flexibility index (Phi) is 2.22. The Morgan fingerprint density at radius 1 is 1.11 bits per heavy atom. The lowest BCUT2D eigenvalue weighted by Gasteiger charge is -2.03. The molecule has 0 aliphatic rings. The van der Waals surface area contributed by atoms with E-state index in [-0.39, 0.29) is 0 Å². The van der Waals surface area contributed by atoms with E-state index >= 15 is 0 Å². The third-order valence-corrected chi connectivity index (χ3v) is 2.69. The summed E-state index contributed by atoms with van der Waals surface area (Å²) < 4.78 is 0. The van der Waals surface area contributed by atoms with E-state index in [0.29, 0.717) is 17.3 Å². The summed E-state index contributed by atoms with van der Waals surface area (Å²) in [5.41, 5.74) is 9.20. The molecule has 2 heterocycles. The Balaban J connectivity index is 2.18. The van der Waals surface area contributed by atoms with Gasteiger partial charge in [0.25, 0.3) is 0 Å². The van der Waals surface area contributed by atoms with Gasteiger partial charge in [-0.25, -0.2) is 9.97 Å². The van der Waals surface area contributed by atoms with E-state index in [9.17, 15) is 0 Å². The molecule has 0 saturated carbocycles. The maximum Gasteiger partial charge on any atom is 0.154 e. The van der Waals surface area contributed by atoms with E-state index in [1.807, 2.05) is 25.1 Å². The number of nitrogens with one attached hydrogen (secondary N) is 1. The maximum absolute atomic E-state index is 5.86. The Hall–Kier alpha value is -2.50. The third kappa shape index (κ3) is 1.67. The molecule has 0 unspecified atom stereocenters. The fraction of sp³-hybridized carbons (Fsp3) is 0.167. The van der Waals surface area contributed by atoms with Crippen LogP contribution in [-0.2, 0) is 0 Å². The molecular formula is C12H12N6. The van der Waals surface area contributed by atoms with E-state index in [2.05, 4.69) is 25.1 Å². The van der Waals surface area contributed by atoms with Crippen LogP contribution in [0.15, 0.2) is 18.2 Å². The number of hydrogen-bond acceptors (Lipinski definition) is 5. The zero-order valence-corrected chi connectivity index (χ0v) is 10.1. The number of aryl methyl sites for hydroxylation is 2. The molecule has 6 nitrogen and oxygen atoms in total. The lowest BCUT2D eigenvalue weighted by Crippen LogP contribution is -2.01. The number of hydrogen-bond donors (Lipinski definition) is 2. The molecule has 3 aromatic rings. The molecule has 18 heavy (non-hydrogen) atoms. The van der Waals surface area contributed by atoms with Gasteiger partial charge in [0.1, 0.15) is 17.3 Å². The van der Waals surface area contributed by atoms with Gasteiger partial charge in [-0.15, -0.1) is 10.2 Å². The van der Waals surface area contributed by atoms with Crippen LogP contribution in [0.2, 0.25) is 0 Å². The van der Waals surface area contributed by atoms with Crippen molar-refractivity contribution >= 4 is 16.9 Å². The third-order valence-electron chi connectivity index (χ3n) is 2.69. The molecule has 3 N–H and O–H groups in total. The van der Waals surface area contributed by atoms with Crippen molar-refractivity contribution in [1.82, 2.24) is 25.1 Å². The van der Waals surface area contributed by atoms with Crippen molar-refractivity contribution in [2.75, 3.05) is 5.73 Å². The van der Waals surface area contributed by atoms with E-state index in [1.54, 1.807) is 6.92 Å². The van der Waals surface area contributed by atoms with Crippen molar-refractivity contribution in [3.05, 3.63) is 29.8 Å². The van der Waals surface area contributed by atoms with Crippen LogP contribution in [0.3, 0.4) is 0 Å². The molecular weight excluding hydrogens is 228 g/mol. The minimum atomic E-state index is 0.387. The molecule has 0 atom stereocenters. The van der Waals surface area contributed by atoms with Gasteiger partial charge in [0.15, 0.2) is 5.82 Å². The lowest BCUT2D eigenvalue weighted by molar-refractivity contribution is 0.921. The largest absolute Gasteiger partial charge is 0.382 e. The summed E-state index contributed by atoms with van der Waals surface area (Å²) in [6.45, 7) is 3.68. The number of rotatable bonds is 1. The minimum Gasteiger partial charge on any atom is -0.382 e. The van der Waals surface area contributed by atoms with Crippen molar-refractivity contribution in [3.63, 3.8) is 0 Å². The summed E-state index contributed by atoms with van der Waals surface area (Å²) in [6, 6.07) is 5.79. The topological polar surface area (TPSA) is 93.4 Å². The van der Waals surface area contributed by atoms with Crippen molar-refractivity contribution in [2.45, 2.75) is 13.8 Å². The van der Waals surface area contributed by atoms with Crippen molar-refractivity contribution in [1.29, 1.82) is 0 Å². The van der Waals surface area contributed by atoms with Crippen molar-refractivity contribution < 1.29 is 0 Å². The number of nitrogen functional groups attached to an aromatic ring is 1. The van der Waals surface area contributed by atoms with Crippen LogP contribution in [0.1, 0.15) is 11.6 Å². The number of anilines is 1. The van der Waals surface area contributed by atoms with Gasteiger partial charge in [-0.3, -0.25) is 0 Å². The standard InChI is InChI=1S/C12H12N6/c1-6-14-9-4-3-8(5-10(9)15-6)11-12(13)16-7(2)17-18-11/h3-5H,1-2H3,(H,14,15)(H2,13,16,17). The predicted molar refractivity (Wildman–Crippen MR) is 68.8 cm³/mol. The summed E-state index contributed by atoms with van der Waals surface area (Å²) in [5.74, 6) is 1.83. The number of fused-ring (bicyclic) bond motifs is 1. The number of aromatic nitrogens is 5. The van der Waals surface area contributed by atoms with Gasteiger partial charge < -0.3 is 10.7 Å². The Morgan fingerprint density at radius 3 is 2.72 bits per heavy atom. The minimum absolute atomic E-state index is 0.387. The van der Waals surface area contributed by atoms with E-state index in [0.717, 1.165) is 22.4 Å². The average Bonchev–Trinajstić information content (AvgIpc) is 2.68. The van der Waals surface area contributed by atoms with Crippen LogP contribution in [0.25, 0.3) is 22.3 Å². The Labute approximate surface area is 103 Å². The number of imidazole rings is 1. The second-order valence-corrected chi connectivity index (χ2v) is 4.15. The first-order valence-electron chi connectivity index (χ1n) is 5.57. The van der Waals surface area contributed by atoms with Crippen LogP contribution in [0.5, 0.6) is 0 Å². The van der Waals surface area contributed by atoms with Crippen molar-refractivity contribution in [3.8, 4) is 11.3 Å². The van der Waals surface area contributed by atoms with E-state index in [4.69, 9.17) is 5.73 Å². The first-order valence-corrected chi connectivity index (χ1v) is 5.57. The van der Waals surface area contributed by atoms with Crippen LogP contribution in [0, 0.1) is 13.8 Å². The fourth-order valence-electron chi connectivity index (χ4n) is 1.91. The number of nitrogens with zero attached hydrogens (tertiary/aromatic N) is 4. The normalized spacial score (nSPS) is 11.0. The first kappa shape index (κ1) is 10.6. The van der Waals surface area contributed by atoms with Gasteiger partial charge in [0, 0.05) is 5.56 Å². The molecule has 0 aliphatic heterocycles. The SMILES string of the molecule is Cc1nnc(-c2ccc3nc(C)[nH]c3c2)c(N)n1. The molecule has 0 bridgehead atoms. The molecule has 1 aromatic carbocycles. The maximum atomic E-state index is 5.86. The van der Waals surface area contributed by atoms with Crippen LogP contribution < -0.4 is 5.73 Å². The number of H-pyrrole nitrogens is 1. The molecule has 3 rings (SSSR count). The van der Waals surface area contributed by atoms with Gasteiger partial charge in [0.05, 0.1) is 11.0 Å². The van der Waals surface area contributed by atoms with E-state index in [1.165, 1.54) is 0 Å². The number of nitrogens with two attached hydrogens (primary N) is 1. The highest BCUT2D eigenvalue weighted by molar-refractivity contribution is 5.83. The molecule has 0 spiro atoms. The number of aromatic amines is 1. The van der Waals surface area contributed by atoms with Crippen LogP contribution in [0.4, 0.5) is 5.82 Å². The summed E-state index contributed by atoms with van der Waals surface area (Å²) in [6.07, 6.45) is 0. The summed E-state index contributed by atoms with van der Waals surface area (Å²) in [7, 11) is 0. The zero-order chi connectivity index (χ0) is 12.7. The van der Waals surface area contributed by atoms with Crippen LogP contribution in [-0.4, -0.2) is 25.1 Å². The average molecular weight is 240 g/mol. The highest BCUT2D eigenvalue weighted by atomic mass is 15.2. The fourth-order valence-corrected chi connectivity index (χ4v) is 1.91. The molecule has 90 valence electrons. The molecule has 0 radical (unpaired) electrons. The summed E-state index contributed by atoms with van der Waals surface area (Å²) in [5, 5.41) is 8.02. The monoisotopic (exact) mass is 240 g/mol. The van der Waals surface area contributed by atoms with Gasteiger partial charge in [0.2, 0.25) is 0 Å². The Morgan fingerprint density at radius 2 is 1.94 bits per heavy atom. The highest BCUT2D eigenvalue weighted by Gasteiger charge is 2.09.